The lowest BCUT2D eigenvalue weighted by Crippen LogP contribution is -2.45. The van der Waals surface area contributed by atoms with E-state index in [1.807, 2.05) is 6.92 Å². The van der Waals surface area contributed by atoms with Crippen molar-refractivity contribution in [2.45, 2.75) is 13.3 Å². The quantitative estimate of drug-likeness (QED) is 0.550. The largest absolute Gasteiger partial charge is 0.494 e. The summed E-state index contributed by atoms with van der Waals surface area (Å²) in [6, 6.07) is 12.1. The van der Waals surface area contributed by atoms with Gasteiger partial charge in [0.05, 0.1) is 17.4 Å². The molecule has 2 aromatic rings. The molecule has 10 nitrogen and oxygen atoms in total. The van der Waals surface area contributed by atoms with Gasteiger partial charge in [0.25, 0.3) is 11.6 Å². The van der Waals surface area contributed by atoms with Crippen LogP contribution in [0.2, 0.25) is 0 Å². The van der Waals surface area contributed by atoms with E-state index in [1.165, 1.54) is 23.1 Å². The highest BCUT2D eigenvalue weighted by Crippen LogP contribution is 2.27. The Kier molecular flexibility index (Phi) is 6.26. The number of nitrogens with one attached hydrogen (secondary N) is 2. The Morgan fingerprint density at radius 1 is 1.20 bits per heavy atom. The number of nitrogens with zero attached hydrogens (tertiary/aromatic N) is 2. The number of carbonyl (C=O) groups excluding carboxylic acids is 3. The minimum Gasteiger partial charge on any atom is -0.494 e. The van der Waals surface area contributed by atoms with Gasteiger partial charge in [-0.15, -0.1) is 0 Å². The van der Waals surface area contributed by atoms with E-state index in [0.29, 0.717) is 18.0 Å². The van der Waals surface area contributed by atoms with Gasteiger partial charge in [-0.1, -0.05) is 6.07 Å². The molecule has 3 rings (SSSR count). The first kappa shape index (κ1) is 20.8. The summed E-state index contributed by atoms with van der Waals surface area (Å²) in [5.41, 5.74) is 4.96. The third-order valence-electron chi connectivity index (χ3n) is 4.57. The number of carbonyl (C=O) groups is 3. The van der Waals surface area contributed by atoms with Crippen molar-refractivity contribution >= 4 is 29.1 Å². The van der Waals surface area contributed by atoms with Crippen molar-refractivity contribution in [2.75, 3.05) is 18.1 Å². The minimum absolute atomic E-state index is 0.00568. The average molecular weight is 412 g/mol. The predicted molar refractivity (Wildman–Crippen MR) is 107 cm³/mol. The molecule has 1 saturated heterocycles. The Balaban J connectivity index is 1.57. The van der Waals surface area contributed by atoms with Crippen LogP contribution in [0.1, 0.15) is 23.7 Å². The topological polar surface area (TPSA) is 131 Å². The fourth-order valence-corrected chi connectivity index (χ4v) is 3.08. The van der Waals surface area contributed by atoms with Crippen molar-refractivity contribution < 1.29 is 24.0 Å². The molecule has 2 N–H and O–H groups in total. The molecule has 2 aromatic carbocycles. The third kappa shape index (κ3) is 4.72. The predicted octanol–water partition coefficient (Wildman–Crippen LogP) is 1.81. The maximum Gasteiger partial charge on any atom is 0.270 e. The second-order valence-electron chi connectivity index (χ2n) is 6.58. The van der Waals surface area contributed by atoms with Gasteiger partial charge < -0.3 is 9.64 Å². The molecule has 0 bridgehead atoms. The number of anilines is 1. The Morgan fingerprint density at radius 2 is 1.93 bits per heavy atom. The van der Waals surface area contributed by atoms with Gasteiger partial charge in [0.2, 0.25) is 11.8 Å². The van der Waals surface area contributed by atoms with Gasteiger partial charge in [0.15, 0.2) is 0 Å². The molecule has 0 saturated carbocycles. The summed E-state index contributed by atoms with van der Waals surface area (Å²) < 4.78 is 5.38. The molecule has 156 valence electrons. The number of non-ortho nitro benzene ring substituents is 1. The van der Waals surface area contributed by atoms with Crippen molar-refractivity contribution in [3.8, 4) is 5.75 Å². The molecule has 30 heavy (non-hydrogen) atoms. The molecule has 1 fully saturated rings. The van der Waals surface area contributed by atoms with Gasteiger partial charge in [-0.3, -0.25) is 35.3 Å². The zero-order chi connectivity index (χ0) is 21.7. The summed E-state index contributed by atoms with van der Waals surface area (Å²) >= 11 is 0. The van der Waals surface area contributed by atoms with Crippen LogP contribution in [-0.2, 0) is 9.59 Å². The van der Waals surface area contributed by atoms with Crippen LogP contribution >= 0.6 is 0 Å². The SMILES string of the molecule is CCOc1ccc(N2C[C@H](C(=O)NNC(=O)c3cccc([N+](=O)[O-])c3)CC2=O)cc1. The van der Waals surface area contributed by atoms with Crippen LogP contribution < -0.4 is 20.5 Å². The van der Waals surface area contributed by atoms with E-state index in [-0.39, 0.29) is 30.1 Å². The number of rotatable bonds is 6. The first-order valence-corrected chi connectivity index (χ1v) is 9.27. The summed E-state index contributed by atoms with van der Waals surface area (Å²) in [6.07, 6.45) is 0.00568. The Hall–Kier alpha value is -3.95. The molecule has 1 atom stereocenters. The van der Waals surface area contributed by atoms with Crippen molar-refractivity contribution in [3.63, 3.8) is 0 Å². The van der Waals surface area contributed by atoms with E-state index in [0.717, 1.165) is 6.07 Å². The molecule has 1 aliphatic rings. The molecule has 1 aliphatic heterocycles. The molecule has 0 radical (unpaired) electrons. The maximum atomic E-state index is 12.4. The summed E-state index contributed by atoms with van der Waals surface area (Å²) in [6.45, 7) is 2.58. The lowest BCUT2D eigenvalue weighted by molar-refractivity contribution is -0.384. The van der Waals surface area contributed by atoms with Gasteiger partial charge in [-0.05, 0) is 37.3 Å². The molecule has 10 heteroatoms. The van der Waals surface area contributed by atoms with Crippen LogP contribution in [-0.4, -0.2) is 35.8 Å². The zero-order valence-corrected chi connectivity index (χ0v) is 16.2. The van der Waals surface area contributed by atoms with Crippen molar-refractivity contribution in [1.82, 2.24) is 10.9 Å². The maximum absolute atomic E-state index is 12.4. The smallest absolute Gasteiger partial charge is 0.270 e. The number of hydrogen-bond acceptors (Lipinski definition) is 6. The van der Waals surface area contributed by atoms with E-state index in [9.17, 15) is 24.5 Å². The zero-order valence-electron chi connectivity index (χ0n) is 16.2. The van der Waals surface area contributed by atoms with E-state index in [4.69, 9.17) is 4.74 Å². The van der Waals surface area contributed by atoms with Crippen LogP contribution in [0, 0.1) is 16.0 Å². The Morgan fingerprint density at radius 3 is 2.60 bits per heavy atom. The fourth-order valence-electron chi connectivity index (χ4n) is 3.08. The first-order chi connectivity index (χ1) is 14.4. The molecule has 0 aromatic heterocycles. The number of nitro benzene ring substituents is 1. The fraction of sp³-hybridized carbons (Fsp3) is 0.250. The highest BCUT2D eigenvalue weighted by Gasteiger charge is 2.35. The number of nitro groups is 1. The molecule has 0 spiro atoms. The van der Waals surface area contributed by atoms with Gasteiger partial charge in [-0.2, -0.15) is 0 Å². The summed E-state index contributed by atoms with van der Waals surface area (Å²) in [5.74, 6) is -1.37. The number of hydrogen-bond donors (Lipinski definition) is 2. The summed E-state index contributed by atoms with van der Waals surface area (Å²) in [5, 5.41) is 10.8. The van der Waals surface area contributed by atoms with Crippen LogP contribution in [0.5, 0.6) is 5.75 Å². The van der Waals surface area contributed by atoms with Crippen molar-refractivity contribution in [2.24, 2.45) is 5.92 Å². The normalized spacial score (nSPS) is 15.6. The third-order valence-corrected chi connectivity index (χ3v) is 4.57. The summed E-state index contributed by atoms with van der Waals surface area (Å²) in [7, 11) is 0. The number of hydrazine groups is 1. The lowest BCUT2D eigenvalue weighted by Gasteiger charge is -2.17. The molecule has 0 unspecified atom stereocenters. The van der Waals surface area contributed by atoms with Crippen LogP contribution in [0.4, 0.5) is 11.4 Å². The van der Waals surface area contributed by atoms with Crippen molar-refractivity contribution in [1.29, 1.82) is 0 Å². The molecule has 1 heterocycles. The minimum atomic E-state index is -0.695. The van der Waals surface area contributed by atoms with E-state index in [1.54, 1.807) is 24.3 Å². The van der Waals surface area contributed by atoms with E-state index >= 15 is 0 Å². The van der Waals surface area contributed by atoms with Gasteiger partial charge >= 0.3 is 0 Å². The summed E-state index contributed by atoms with van der Waals surface area (Å²) in [4.78, 5) is 48.5. The molecular weight excluding hydrogens is 392 g/mol. The highest BCUT2D eigenvalue weighted by atomic mass is 16.6. The van der Waals surface area contributed by atoms with E-state index in [2.05, 4.69) is 10.9 Å². The molecule has 0 aliphatic carbocycles. The van der Waals surface area contributed by atoms with Crippen LogP contribution in [0.15, 0.2) is 48.5 Å². The van der Waals surface area contributed by atoms with E-state index < -0.39 is 22.7 Å². The second-order valence-corrected chi connectivity index (χ2v) is 6.58. The first-order valence-electron chi connectivity index (χ1n) is 9.27. The van der Waals surface area contributed by atoms with Crippen molar-refractivity contribution in [3.05, 3.63) is 64.2 Å². The Bertz CT molecular complexity index is 976. The number of benzene rings is 2. The standard InChI is InChI=1S/C20H20N4O6/c1-2-30-17-8-6-15(7-9-17)23-12-14(11-18(23)25)20(27)22-21-19(26)13-4-3-5-16(10-13)24(28)29/h3-10,14H,2,11-12H2,1H3,(H,21,26)(H,22,27)/t14-/m1/s1. The number of ether oxygens (including phenoxy) is 1. The van der Waals surface area contributed by atoms with Crippen LogP contribution in [0.3, 0.4) is 0 Å². The molecular formula is C20H20N4O6. The number of amides is 3. The van der Waals surface area contributed by atoms with Gasteiger partial charge in [0.1, 0.15) is 5.75 Å². The van der Waals surface area contributed by atoms with Gasteiger partial charge in [-0.25, -0.2) is 0 Å². The van der Waals surface area contributed by atoms with Gasteiger partial charge in [0, 0.05) is 36.3 Å². The second kappa shape index (κ2) is 9.03. The Labute approximate surface area is 171 Å². The van der Waals surface area contributed by atoms with Crippen LogP contribution in [0.25, 0.3) is 0 Å². The molecule has 3 amide bonds. The highest BCUT2D eigenvalue weighted by molar-refractivity contribution is 6.01. The monoisotopic (exact) mass is 412 g/mol. The average Bonchev–Trinajstić information content (AvgIpc) is 3.14. The lowest BCUT2D eigenvalue weighted by atomic mass is 10.1.